The first-order valence-corrected chi connectivity index (χ1v) is 22.8. The quantitative estimate of drug-likeness (QED) is 0.322. The van der Waals surface area contributed by atoms with Crippen LogP contribution in [-0.4, -0.2) is 17.1 Å². The van der Waals surface area contributed by atoms with Gasteiger partial charge in [0.2, 0.25) is 5.39 Å². The van der Waals surface area contributed by atoms with Gasteiger partial charge in [0.05, 0.1) is 0 Å². The molecule has 4 nitrogen and oxygen atoms in total. The topological polar surface area (TPSA) is 54.5 Å². The van der Waals surface area contributed by atoms with Crippen LogP contribution in [0.3, 0.4) is 0 Å². The van der Waals surface area contributed by atoms with Crippen LogP contribution in [0, 0.1) is 12.3 Å². The molecule has 0 aliphatic rings. The number of aryl methyl sites for hydroxylation is 1. The Morgan fingerprint density at radius 1 is 1.18 bits per heavy atom. The molecule has 0 N–H and O–H groups in total. The Morgan fingerprint density at radius 3 is 1.91 bits per heavy atom. The molecule has 1 atom stereocenters. The molecule has 0 amide bonds. The zero-order chi connectivity index (χ0) is 17.6. The van der Waals surface area contributed by atoms with Crippen LogP contribution in [0.15, 0.2) is 39.3 Å². The monoisotopic (exact) mass is 552 g/mol. The first-order chi connectivity index (χ1) is 9.82. The van der Waals surface area contributed by atoms with Crippen molar-refractivity contribution >= 4 is 82.9 Å². The number of halogens is 6. The molecule has 0 spiro atoms. The zero-order valence-corrected chi connectivity index (χ0v) is 19.4. The molecule has 1 unspecified atom stereocenters. The van der Waals surface area contributed by atoms with E-state index in [0.29, 0.717) is 4.90 Å². The first kappa shape index (κ1) is 23.0. The Bertz CT molecular complexity index is 610. The molecule has 124 valence electrons. The summed E-state index contributed by atoms with van der Waals surface area (Å²) in [4.78, 5) is 3.12. The van der Waals surface area contributed by atoms with Crippen molar-refractivity contribution in [3.63, 3.8) is 0 Å². The summed E-state index contributed by atoms with van der Waals surface area (Å²) in [5.74, 6) is 0. The number of diazo groups is 1. The van der Waals surface area contributed by atoms with Gasteiger partial charge in [-0.1, -0.05) is 23.2 Å². The summed E-state index contributed by atoms with van der Waals surface area (Å²) in [6, 6.07) is 6.83. The van der Waals surface area contributed by atoms with E-state index in [9.17, 15) is 4.21 Å². The third kappa shape index (κ3) is 11.5. The summed E-state index contributed by atoms with van der Waals surface area (Å²) >= 11 is 3.28. The second-order valence-corrected chi connectivity index (χ2v) is 38.6. The van der Waals surface area contributed by atoms with E-state index < -0.39 is 24.0 Å². The summed E-state index contributed by atoms with van der Waals surface area (Å²) < 4.78 is 16.4. The molecule has 1 aromatic rings. The fraction of sp³-hybridized carbons (Fsp3) is 0.200. The second kappa shape index (κ2) is 9.50. The Balaban J connectivity index is 0.000000534. The molecular weight excluding hydrogens is 544 g/mol. The molecule has 1 aromatic carbocycles. The summed E-state index contributed by atoms with van der Waals surface area (Å²) in [5, 5.41) is 7.90. The molecule has 0 fully saturated rings. The van der Waals surface area contributed by atoms with Gasteiger partial charge in [-0.2, -0.15) is 0 Å². The van der Waals surface area contributed by atoms with Crippen molar-refractivity contribution in [1.82, 2.24) is 0 Å². The van der Waals surface area contributed by atoms with E-state index in [0.717, 1.165) is 5.56 Å². The molecule has 0 radical (unpaired) electrons. The first-order valence-electron chi connectivity index (χ1n) is 5.37. The zero-order valence-electron chi connectivity index (χ0n) is 11.2. The molecule has 0 aliphatic carbocycles. The van der Waals surface area contributed by atoms with Crippen molar-refractivity contribution in [2.75, 3.05) is 0 Å². The Labute approximate surface area is 157 Å². The predicted octanol–water partition coefficient (Wildman–Crippen LogP) is 6.38. The van der Waals surface area contributed by atoms with Gasteiger partial charge in [-0.3, -0.25) is 0 Å². The molecular formula is C10H10Cl6N2O2SSn. The van der Waals surface area contributed by atoms with Crippen molar-refractivity contribution in [3.8, 4) is 0 Å². The fourth-order valence-corrected chi connectivity index (χ4v) is 9.00. The third-order valence-corrected chi connectivity index (χ3v) is 12.0. The van der Waals surface area contributed by atoms with E-state index in [1.807, 2.05) is 6.92 Å². The van der Waals surface area contributed by atoms with Gasteiger partial charge in [-0.15, -0.1) is 0 Å². The van der Waals surface area contributed by atoms with Gasteiger partial charge in [0, 0.05) is 6.92 Å². The fourth-order valence-electron chi connectivity index (χ4n) is 0.850. The van der Waals surface area contributed by atoms with Crippen LogP contribution in [0.2, 0.25) is 0 Å². The normalized spacial score (nSPS) is 13.7. The maximum absolute atomic E-state index is 11.6. The van der Waals surface area contributed by atoms with Crippen LogP contribution in [0.25, 0.3) is 4.98 Å². The van der Waals surface area contributed by atoms with Crippen molar-refractivity contribution in [2.24, 2.45) is 0 Å². The van der Waals surface area contributed by atoms with E-state index in [-0.39, 0.29) is 10.2 Å². The maximum atomic E-state index is 11.6. The number of nitrogens with zero attached hydrogens (tertiary/aromatic N) is 2. The standard InChI is InChI=1S/C7H8O2S.C3H3Cl2N2.4ClH.Sn/c1-6-2-4-7(5-3-6)10(8)9;1-2(7-6)3(4)5;;;;;/h2-5H,1H3,(H,8,9);1H3;4*1H;/q;+1;;;;;+4/p-5. The van der Waals surface area contributed by atoms with E-state index in [2.05, 4.69) is 4.98 Å². The van der Waals surface area contributed by atoms with Gasteiger partial charge in [0.1, 0.15) is 0 Å². The Morgan fingerprint density at radius 2 is 1.64 bits per heavy atom. The molecule has 0 saturated carbocycles. The molecule has 12 heteroatoms. The van der Waals surface area contributed by atoms with Crippen molar-refractivity contribution < 1.29 is 6.73 Å². The van der Waals surface area contributed by atoms with Gasteiger partial charge in [0.15, 0.2) is 9.47 Å². The van der Waals surface area contributed by atoms with Gasteiger partial charge >= 0.3 is 114 Å². The van der Waals surface area contributed by atoms with Crippen LogP contribution in [0.4, 0.5) is 0 Å². The van der Waals surface area contributed by atoms with Gasteiger partial charge < -0.3 is 0 Å². The van der Waals surface area contributed by atoms with Crippen molar-refractivity contribution in [2.45, 2.75) is 18.7 Å². The molecule has 0 aromatic heterocycles. The van der Waals surface area contributed by atoms with Crippen LogP contribution < -0.4 is 0 Å². The van der Waals surface area contributed by atoms with Crippen molar-refractivity contribution in [3.05, 3.63) is 45.0 Å². The summed E-state index contributed by atoms with van der Waals surface area (Å²) in [5.41, 5.74) is 1.26. The van der Waals surface area contributed by atoms with Gasteiger partial charge in [0.25, 0.3) is 0 Å². The molecule has 0 heterocycles. The van der Waals surface area contributed by atoms with E-state index in [4.69, 9.17) is 66.8 Å². The van der Waals surface area contributed by atoms with E-state index in [1.54, 1.807) is 24.3 Å². The predicted molar refractivity (Wildman–Crippen MR) is 97.3 cm³/mol. The third-order valence-electron chi connectivity index (χ3n) is 1.84. The van der Waals surface area contributed by atoms with Gasteiger partial charge in [-0.05, 0) is 0 Å². The summed E-state index contributed by atoms with van der Waals surface area (Å²) in [6.07, 6.45) is 0. The summed E-state index contributed by atoms with van der Waals surface area (Å²) in [6.45, 7) is 3.40. The molecule has 1 rings (SSSR count). The Hall–Kier alpha value is 1.03. The van der Waals surface area contributed by atoms with Crippen LogP contribution >= 0.6 is 58.9 Å². The average molecular weight is 554 g/mol. The average Bonchev–Trinajstić information content (AvgIpc) is 2.36. The van der Waals surface area contributed by atoms with Crippen LogP contribution in [0.1, 0.15) is 12.5 Å². The van der Waals surface area contributed by atoms with Gasteiger partial charge in [-0.25, -0.2) is 0 Å². The minimum atomic E-state index is -5.13. The second-order valence-electron chi connectivity index (χ2n) is 3.81. The number of benzene rings is 1. The van der Waals surface area contributed by atoms with Crippen molar-refractivity contribution in [1.29, 1.82) is 5.39 Å². The number of allylic oxidation sites excluding steroid dienone is 1. The summed E-state index contributed by atoms with van der Waals surface area (Å²) in [7, 11) is 22.2. The Kier molecular flexibility index (Phi) is 9.94. The molecule has 0 saturated heterocycles. The SMILES string of the molecule is CC([N+]#N)=C(Cl)Cl.Cc1ccc(S(=O)[O][Sn-]([Cl])([Cl])([Cl])[Cl])cc1. The molecule has 0 aliphatic heterocycles. The number of hydrogen-bond donors (Lipinski definition) is 0. The van der Waals surface area contributed by atoms with Crippen LogP contribution in [0.5, 0.6) is 0 Å². The number of rotatable bonds is 3. The molecule has 22 heavy (non-hydrogen) atoms. The van der Waals surface area contributed by atoms with E-state index in [1.165, 1.54) is 6.92 Å². The molecule has 0 bridgehead atoms. The minimum absolute atomic E-state index is 0.0116. The van der Waals surface area contributed by atoms with Crippen LogP contribution in [-0.2, 0) is 13.6 Å². The van der Waals surface area contributed by atoms with E-state index >= 15 is 0 Å². The number of hydrogen-bond acceptors (Lipinski definition) is 3.